The van der Waals surface area contributed by atoms with Gasteiger partial charge in [0.2, 0.25) is 21.8 Å². The van der Waals surface area contributed by atoms with Crippen LogP contribution >= 0.6 is 0 Å². The Morgan fingerprint density at radius 1 is 1.00 bits per heavy atom. The van der Waals surface area contributed by atoms with E-state index >= 15 is 0 Å². The lowest BCUT2D eigenvalue weighted by Crippen LogP contribution is -2.55. The van der Waals surface area contributed by atoms with Gasteiger partial charge >= 0.3 is 0 Å². The van der Waals surface area contributed by atoms with Gasteiger partial charge in [0.25, 0.3) is 0 Å². The van der Waals surface area contributed by atoms with Crippen LogP contribution in [0.15, 0.2) is 23.1 Å². The molecule has 0 aliphatic carbocycles. The van der Waals surface area contributed by atoms with Gasteiger partial charge in [-0.3, -0.25) is 19.4 Å². The maximum absolute atomic E-state index is 13.4. The first-order chi connectivity index (χ1) is 15.3. The average Bonchev–Trinajstić information content (AvgIpc) is 3.19. The first-order valence-corrected chi connectivity index (χ1v) is 13.2. The molecule has 2 fully saturated rings. The summed E-state index contributed by atoms with van der Waals surface area (Å²) >= 11 is 0. The zero-order valence-electron chi connectivity index (χ0n) is 19.1. The highest BCUT2D eigenvalue weighted by atomic mass is 32.2. The minimum absolute atomic E-state index is 0.0482. The van der Waals surface area contributed by atoms with Crippen molar-refractivity contribution in [2.75, 3.05) is 50.7 Å². The highest BCUT2D eigenvalue weighted by molar-refractivity contribution is 7.89. The van der Waals surface area contributed by atoms with Crippen LogP contribution in [0.2, 0.25) is 0 Å². The molecule has 1 atom stereocenters. The second-order valence-electron chi connectivity index (χ2n) is 9.03. The van der Waals surface area contributed by atoms with Gasteiger partial charge in [-0.1, -0.05) is 13.3 Å². The van der Waals surface area contributed by atoms with Gasteiger partial charge in [-0.25, -0.2) is 8.42 Å². The molecule has 1 aromatic carbocycles. The number of rotatable bonds is 5. The number of fused-ring (bicyclic) bond motifs is 1. The smallest absolute Gasteiger partial charge is 0.246 e. The SMILES string of the molecule is CCCN1CCN(C(=O)[C@@H]2Cc3cc(S(=O)(=O)N4CCCCC4)ccc3N2C(C)=O)CC1. The molecule has 4 rings (SSSR count). The van der Waals surface area contributed by atoms with Gasteiger partial charge in [0.15, 0.2) is 0 Å². The van der Waals surface area contributed by atoms with Gasteiger partial charge in [0.1, 0.15) is 6.04 Å². The number of anilines is 1. The summed E-state index contributed by atoms with van der Waals surface area (Å²) in [6.07, 6.45) is 4.26. The normalized spacial score (nSPS) is 22.8. The summed E-state index contributed by atoms with van der Waals surface area (Å²) in [5.41, 5.74) is 1.40. The predicted octanol–water partition coefficient (Wildman–Crippen LogP) is 1.69. The van der Waals surface area contributed by atoms with Gasteiger partial charge in [-0.15, -0.1) is 0 Å². The van der Waals surface area contributed by atoms with Gasteiger partial charge in [0.05, 0.1) is 4.90 Å². The van der Waals surface area contributed by atoms with Crippen LogP contribution in [0.25, 0.3) is 0 Å². The molecule has 0 bridgehead atoms. The van der Waals surface area contributed by atoms with Crippen LogP contribution in [0.5, 0.6) is 0 Å². The number of sulfonamides is 1. The summed E-state index contributed by atoms with van der Waals surface area (Å²) in [7, 11) is -3.56. The third-order valence-electron chi connectivity index (χ3n) is 6.84. The number of benzene rings is 1. The van der Waals surface area contributed by atoms with Crippen LogP contribution in [0, 0.1) is 0 Å². The van der Waals surface area contributed by atoms with Crippen molar-refractivity contribution in [2.45, 2.75) is 56.9 Å². The van der Waals surface area contributed by atoms with Crippen LogP contribution < -0.4 is 4.90 Å². The maximum Gasteiger partial charge on any atom is 0.246 e. The Balaban J connectivity index is 1.54. The molecule has 0 saturated carbocycles. The number of piperazine rings is 1. The second kappa shape index (κ2) is 9.49. The van der Waals surface area contributed by atoms with Crippen molar-refractivity contribution in [1.82, 2.24) is 14.1 Å². The summed E-state index contributed by atoms with van der Waals surface area (Å²) in [6, 6.07) is 4.34. The number of hydrogen-bond donors (Lipinski definition) is 0. The third kappa shape index (κ3) is 4.43. The Bertz CT molecular complexity index is 966. The van der Waals surface area contributed by atoms with Crippen molar-refractivity contribution in [3.63, 3.8) is 0 Å². The molecule has 0 N–H and O–H groups in total. The highest BCUT2D eigenvalue weighted by Gasteiger charge is 2.40. The first kappa shape index (κ1) is 23.2. The fraction of sp³-hybridized carbons (Fsp3) is 0.652. The molecule has 9 heteroatoms. The van der Waals surface area contributed by atoms with Crippen molar-refractivity contribution in [3.05, 3.63) is 23.8 Å². The minimum Gasteiger partial charge on any atom is -0.338 e. The van der Waals surface area contributed by atoms with Gasteiger partial charge < -0.3 is 4.90 Å². The van der Waals surface area contributed by atoms with Crippen LogP contribution in [-0.2, 0) is 26.0 Å². The lowest BCUT2D eigenvalue weighted by molar-refractivity contribution is -0.135. The van der Waals surface area contributed by atoms with E-state index in [1.165, 1.54) is 6.92 Å². The molecule has 176 valence electrons. The molecule has 3 aliphatic heterocycles. The molecule has 8 nitrogen and oxygen atoms in total. The maximum atomic E-state index is 13.4. The second-order valence-corrected chi connectivity index (χ2v) is 11.0. The van der Waals surface area contributed by atoms with Gasteiger partial charge in [-0.05, 0) is 49.6 Å². The average molecular weight is 463 g/mol. The van der Waals surface area contributed by atoms with Crippen LogP contribution in [0.4, 0.5) is 5.69 Å². The quantitative estimate of drug-likeness (QED) is 0.665. The van der Waals surface area contributed by atoms with E-state index in [9.17, 15) is 18.0 Å². The van der Waals surface area contributed by atoms with E-state index in [2.05, 4.69) is 11.8 Å². The van der Waals surface area contributed by atoms with E-state index in [-0.39, 0.29) is 16.7 Å². The minimum atomic E-state index is -3.56. The van der Waals surface area contributed by atoms with Gasteiger partial charge in [-0.2, -0.15) is 4.31 Å². The summed E-state index contributed by atoms with van der Waals surface area (Å²) < 4.78 is 27.8. The van der Waals surface area contributed by atoms with Crippen molar-refractivity contribution in [2.24, 2.45) is 0 Å². The largest absolute Gasteiger partial charge is 0.338 e. The highest BCUT2D eigenvalue weighted by Crippen LogP contribution is 2.36. The molecule has 0 spiro atoms. The number of nitrogens with zero attached hydrogens (tertiary/aromatic N) is 4. The number of piperidine rings is 1. The molecule has 1 aromatic rings. The number of carbonyl (C=O) groups is 2. The molecular formula is C23H34N4O4S. The summed E-state index contributed by atoms with van der Waals surface area (Å²) in [4.78, 5) is 31.9. The van der Waals surface area contributed by atoms with Crippen LogP contribution in [0.1, 0.15) is 45.1 Å². The molecular weight excluding hydrogens is 428 g/mol. The Morgan fingerprint density at radius 2 is 1.69 bits per heavy atom. The topological polar surface area (TPSA) is 81.2 Å². The fourth-order valence-electron chi connectivity index (χ4n) is 5.15. The lowest BCUT2D eigenvalue weighted by Gasteiger charge is -2.37. The van der Waals surface area contributed by atoms with Crippen LogP contribution in [-0.4, -0.2) is 86.2 Å². The Labute approximate surface area is 191 Å². The number of hydrogen-bond acceptors (Lipinski definition) is 5. The predicted molar refractivity (Wildman–Crippen MR) is 123 cm³/mol. The van der Waals surface area contributed by atoms with Crippen LogP contribution in [0.3, 0.4) is 0 Å². The Morgan fingerprint density at radius 3 is 2.31 bits per heavy atom. The van der Waals surface area contributed by atoms with Crippen molar-refractivity contribution in [3.8, 4) is 0 Å². The standard InChI is InChI=1S/C23H34N4O4S/c1-3-9-24-12-14-25(15-13-24)23(29)22-17-19-16-20(7-8-21(19)27(22)18(2)28)32(30,31)26-10-5-4-6-11-26/h7-8,16,22H,3-6,9-15,17H2,1-2H3/t22-/m0/s1. The number of carbonyl (C=O) groups excluding carboxylic acids is 2. The Hall–Kier alpha value is -1.97. The summed E-state index contributed by atoms with van der Waals surface area (Å²) in [5.74, 6) is -0.244. The monoisotopic (exact) mass is 462 g/mol. The number of amides is 2. The third-order valence-corrected chi connectivity index (χ3v) is 8.73. The fourth-order valence-corrected chi connectivity index (χ4v) is 6.72. The van der Waals surface area contributed by atoms with Crippen molar-refractivity contribution < 1.29 is 18.0 Å². The van der Waals surface area contributed by atoms with Crippen molar-refractivity contribution >= 4 is 27.5 Å². The summed E-state index contributed by atoms with van der Waals surface area (Å²) in [5, 5.41) is 0. The summed E-state index contributed by atoms with van der Waals surface area (Å²) in [6.45, 7) is 8.75. The lowest BCUT2D eigenvalue weighted by atomic mass is 10.1. The molecule has 0 aromatic heterocycles. The molecule has 3 heterocycles. The first-order valence-electron chi connectivity index (χ1n) is 11.8. The molecule has 0 unspecified atom stereocenters. The van der Waals surface area contributed by atoms with E-state index < -0.39 is 16.1 Å². The molecule has 32 heavy (non-hydrogen) atoms. The van der Waals surface area contributed by atoms with E-state index in [0.29, 0.717) is 38.3 Å². The molecule has 0 radical (unpaired) electrons. The molecule has 2 saturated heterocycles. The van der Waals surface area contributed by atoms with Crippen molar-refractivity contribution in [1.29, 1.82) is 0 Å². The van der Waals surface area contributed by atoms with E-state index in [1.54, 1.807) is 27.4 Å². The zero-order valence-corrected chi connectivity index (χ0v) is 19.9. The Kier molecular flexibility index (Phi) is 6.88. The molecule has 2 amide bonds. The van der Waals surface area contributed by atoms with E-state index in [0.717, 1.165) is 50.9 Å². The molecule has 3 aliphatic rings. The van der Waals surface area contributed by atoms with E-state index in [1.807, 2.05) is 4.90 Å². The van der Waals surface area contributed by atoms with Gasteiger partial charge in [0, 0.05) is 58.3 Å². The zero-order chi connectivity index (χ0) is 22.9. The van der Waals surface area contributed by atoms with E-state index in [4.69, 9.17) is 0 Å².